The number of ether oxygens (including phenoxy) is 2. The molecular weight excluding hydrogens is 327 g/mol. The van der Waals surface area contributed by atoms with Gasteiger partial charge in [0.2, 0.25) is 5.95 Å². The number of hydrogen-bond donors (Lipinski definition) is 1. The highest BCUT2D eigenvalue weighted by Gasteiger charge is 2.28. The quantitative estimate of drug-likeness (QED) is 0.772. The molecule has 25 heavy (non-hydrogen) atoms. The second-order valence-electron chi connectivity index (χ2n) is 7.47. The van der Waals surface area contributed by atoms with Gasteiger partial charge in [0, 0.05) is 44.7 Å². The van der Waals surface area contributed by atoms with Crippen LogP contribution in [0.4, 0.5) is 14.9 Å². The van der Waals surface area contributed by atoms with Gasteiger partial charge in [0.25, 0.3) is 0 Å². The number of halogens is 1. The number of pyridine rings is 1. The van der Waals surface area contributed by atoms with Crippen molar-refractivity contribution in [3.63, 3.8) is 0 Å². The Hall–Kier alpha value is -2.09. The maximum absolute atomic E-state index is 14.4. The van der Waals surface area contributed by atoms with Gasteiger partial charge in [-0.15, -0.1) is 0 Å². The van der Waals surface area contributed by atoms with Crippen molar-refractivity contribution in [2.24, 2.45) is 5.73 Å². The second-order valence-corrected chi connectivity index (χ2v) is 7.47. The van der Waals surface area contributed by atoms with Crippen molar-refractivity contribution in [2.45, 2.75) is 38.8 Å². The summed E-state index contributed by atoms with van der Waals surface area (Å²) in [7, 11) is 0. The lowest BCUT2D eigenvalue weighted by atomic mass is 10.1. The summed E-state index contributed by atoms with van der Waals surface area (Å²) in [4.78, 5) is 19.7. The lowest BCUT2D eigenvalue weighted by molar-refractivity contribution is 0.0240. The van der Waals surface area contributed by atoms with Gasteiger partial charge in [0.05, 0.1) is 11.4 Å². The van der Waals surface area contributed by atoms with Gasteiger partial charge >= 0.3 is 6.09 Å². The van der Waals surface area contributed by atoms with Gasteiger partial charge in [-0.05, 0) is 20.8 Å². The molecule has 2 N–H and O–H groups in total. The molecule has 0 unspecified atom stereocenters. The number of carbonyl (C=O) groups is 1. The first-order valence-corrected chi connectivity index (χ1v) is 8.53. The van der Waals surface area contributed by atoms with Crippen LogP contribution in [0, 0.1) is 5.95 Å². The first kappa shape index (κ1) is 17.7. The zero-order chi connectivity index (χ0) is 18.2. The number of aromatic nitrogens is 1. The molecule has 8 heteroatoms. The first-order chi connectivity index (χ1) is 11.7. The summed E-state index contributed by atoms with van der Waals surface area (Å²) in [5.41, 5.74) is 6.26. The number of nitrogens with two attached hydrogens (primary N) is 1. The lowest BCUT2D eigenvalue weighted by Crippen LogP contribution is -2.50. The van der Waals surface area contributed by atoms with E-state index in [1.54, 1.807) is 11.0 Å². The van der Waals surface area contributed by atoms with Crippen LogP contribution in [-0.2, 0) is 11.2 Å². The van der Waals surface area contributed by atoms with Crippen molar-refractivity contribution in [3.05, 3.63) is 17.7 Å². The van der Waals surface area contributed by atoms with E-state index in [-0.39, 0.29) is 12.1 Å². The molecule has 1 atom stereocenters. The maximum atomic E-state index is 14.4. The lowest BCUT2D eigenvalue weighted by Gasteiger charge is -2.37. The maximum Gasteiger partial charge on any atom is 0.410 e. The van der Waals surface area contributed by atoms with E-state index in [9.17, 15) is 9.18 Å². The van der Waals surface area contributed by atoms with Crippen molar-refractivity contribution in [2.75, 3.05) is 37.7 Å². The highest BCUT2D eigenvalue weighted by Crippen LogP contribution is 2.30. The Bertz CT molecular complexity index is 654. The average Bonchev–Trinajstić information content (AvgIpc) is 2.52. The van der Waals surface area contributed by atoms with E-state index >= 15 is 0 Å². The fourth-order valence-electron chi connectivity index (χ4n) is 2.95. The summed E-state index contributed by atoms with van der Waals surface area (Å²) in [5.74, 6) is 0.0647. The average molecular weight is 352 g/mol. The summed E-state index contributed by atoms with van der Waals surface area (Å²) >= 11 is 0. The SMILES string of the molecule is CC(C)(C)OC(=O)N1CCN(c2cc3c(nc2F)C[C@@H](N)CO3)CC1. The number of hydrogen-bond acceptors (Lipinski definition) is 6. The molecular formula is C17H25FN4O3. The molecule has 0 bridgehead atoms. The van der Waals surface area contributed by atoms with Crippen LogP contribution < -0.4 is 15.4 Å². The van der Waals surface area contributed by atoms with E-state index in [2.05, 4.69) is 4.98 Å². The minimum atomic E-state index is -0.527. The zero-order valence-electron chi connectivity index (χ0n) is 14.9. The number of piperazine rings is 1. The van der Waals surface area contributed by atoms with Crippen molar-refractivity contribution < 1.29 is 18.7 Å². The van der Waals surface area contributed by atoms with E-state index in [0.29, 0.717) is 56.3 Å². The molecule has 0 aromatic carbocycles. The van der Waals surface area contributed by atoms with Crippen LogP contribution in [0.15, 0.2) is 6.07 Å². The Morgan fingerprint density at radius 3 is 2.68 bits per heavy atom. The van der Waals surface area contributed by atoms with Crippen LogP contribution in [0.1, 0.15) is 26.5 Å². The molecule has 0 radical (unpaired) electrons. The molecule has 1 fully saturated rings. The third-order valence-electron chi connectivity index (χ3n) is 4.18. The molecule has 3 heterocycles. The summed E-state index contributed by atoms with van der Waals surface area (Å²) in [5, 5.41) is 0. The van der Waals surface area contributed by atoms with Gasteiger partial charge in [-0.2, -0.15) is 4.39 Å². The second kappa shape index (κ2) is 6.67. The molecule has 1 aromatic rings. The molecule has 0 spiro atoms. The minimum Gasteiger partial charge on any atom is -0.490 e. The molecule has 138 valence electrons. The topological polar surface area (TPSA) is 80.9 Å². The van der Waals surface area contributed by atoms with Crippen LogP contribution in [0.2, 0.25) is 0 Å². The van der Waals surface area contributed by atoms with Crippen LogP contribution in [0.5, 0.6) is 5.75 Å². The van der Waals surface area contributed by atoms with Gasteiger partial charge in [-0.1, -0.05) is 0 Å². The summed E-state index contributed by atoms with van der Waals surface area (Å²) in [6, 6.07) is 1.54. The van der Waals surface area contributed by atoms with Gasteiger partial charge < -0.3 is 25.0 Å². The molecule has 7 nitrogen and oxygen atoms in total. The number of anilines is 1. The Morgan fingerprint density at radius 2 is 2.04 bits per heavy atom. The van der Waals surface area contributed by atoms with Gasteiger partial charge in [0.15, 0.2) is 0 Å². The van der Waals surface area contributed by atoms with Crippen molar-refractivity contribution >= 4 is 11.8 Å². The summed E-state index contributed by atoms with van der Waals surface area (Å²) in [6.07, 6.45) is 0.174. The molecule has 1 aromatic heterocycles. The van der Waals surface area contributed by atoms with Gasteiger partial charge in [-0.25, -0.2) is 9.78 Å². The minimum absolute atomic E-state index is 0.150. The number of fused-ring (bicyclic) bond motifs is 1. The van der Waals surface area contributed by atoms with E-state index < -0.39 is 11.5 Å². The van der Waals surface area contributed by atoms with Crippen molar-refractivity contribution in [3.8, 4) is 5.75 Å². The molecule has 0 saturated carbocycles. The summed E-state index contributed by atoms with van der Waals surface area (Å²) < 4.78 is 25.4. The third-order valence-corrected chi connectivity index (χ3v) is 4.18. The highest BCUT2D eigenvalue weighted by molar-refractivity contribution is 5.68. The normalized spacial score (nSPS) is 20.8. The van der Waals surface area contributed by atoms with E-state index in [1.807, 2.05) is 25.7 Å². The van der Waals surface area contributed by atoms with Crippen molar-refractivity contribution in [1.29, 1.82) is 0 Å². The number of rotatable bonds is 1. The number of amides is 1. The van der Waals surface area contributed by atoms with E-state index in [4.69, 9.17) is 15.2 Å². The molecule has 1 amide bonds. The number of carbonyl (C=O) groups excluding carboxylic acids is 1. The first-order valence-electron chi connectivity index (χ1n) is 8.53. The smallest absolute Gasteiger partial charge is 0.410 e. The van der Waals surface area contributed by atoms with Crippen LogP contribution in [-0.4, -0.2) is 60.4 Å². The van der Waals surface area contributed by atoms with Crippen LogP contribution in [0.3, 0.4) is 0 Å². The van der Waals surface area contributed by atoms with Gasteiger partial charge in [0.1, 0.15) is 18.0 Å². The van der Waals surface area contributed by atoms with E-state index in [0.717, 1.165) is 0 Å². The standard InChI is InChI=1S/C17H25FN4O3/c1-17(2,3)25-16(23)22-6-4-21(5-7-22)13-9-14-12(20-15(13)18)8-11(19)10-24-14/h9,11H,4-8,10,19H2,1-3H3/t11-/m1/s1. The third kappa shape index (κ3) is 4.12. The molecule has 1 saturated heterocycles. The van der Waals surface area contributed by atoms with Crippen LogP contribution >= 0.6 is 0 Å². The van der Waals surface area contributed by atoms with Gasteiger partial charge in [-0.3, -0.25) is 0 Å². The molecule has 0 aliphatic carbocycles. The Labute approximate surface area is 146 Å². The Balaban J connectivity index is 1.66. The summed E-state index contributed by atoms with van der Waals surface area (Å²) in [6.45, 7) is 7.87. The molecule has 2 aliphatic heterocycles. The Morgan fingerprint density at radius 1 is 1.36 bits per heavy atom. The number of nitrogens with zero attached hydrogens (tertiary/aromatic N) is 3. The predicted octanol–water partition coefficient (Wildman–Crippen LogP) is 1.54. The monoisotopic (exact) mass is 352 g/mol. The van der Waals surface area contributed by atoms with E-state index in [1.165, 1.54) is 0 Å². The zero-order valence-corrected chi connectivity index (χ0v) is 14.9. The highest BCUT2D eigenvalue weighted by atomic mass is 19.1. The Kier molecular flexibility index (Phi) is 4.73. The molecule has 3 rings (SSSR count). The van der Waals surface area contributed by atoms with Crippen LogP contribution in [0.25, 0.3) is 0 Å². The fraction of sp³-hybridized carbons (Fsp3) is 0.647. The largest absolute Gasteiger partial charge is 0.490 e. The fourth-order valence-corrected chi connectivity index (χ4v) is 2.95. The molecule has 2 aliphatic rings. The predicted molar refractivity (Wildman–Crippen MR) is 91.4 cm³/mol. The van der Waals surface area contributed by atoms with Crippen molar-refractivity contribution in [1.82, 2.24) is 9.88 Å².